The number of fused-ring (bicyclic) bond motifs is 1. The molecule has 2 aromatic heterocycles. The first kappa shape index (κ1) is 29.9. The van der Waals surface area contributed by atoms with E-state index in [2.05, 4.69) is 6.07 Å². The van der Waals surface area contributed by atoms with Crippen molar-refractivity contribution >= 4 is 11.0 Å². The van der Waals surface area contributed by atoms with Gasteiger partial charge in [-0.05, 0) is 111 Å². The molecule has 64 heavy (non-hydrogen) atoms. The molecule has 0 unspecified atom stereocenters. The number of aromatic hydroxyl groups is 1. The fourth-order valence-electron chi connectivity index (χ4n) is 8.31. The maximum atomic E-state index is 11.5. The molecule has 9 aromatic rings. The number of imidazole rings is 1. The molecule has 0 radical (unpaired) electrons. The van der Waals surface area contributed by atoms with Gasteiger partial charge >= 0.3 is 0 Å². The smallest absolute Gasteiger partial charge is 0.148 e. The van der Waals surface area contributed by atoms with E-state index < -0.39 is 44.6 Å². The first-order chi connectivity index (χ1) is 35.9. The molecule has 0 amide bonds. The fourth-order valence-corrected chi connectivity index (χ4v) is 8.31. The Hall–Kier alpha value is -6.35. The third kappa shape index (κ3) is 8.52. The number of hydrogen-bond acceptors (Lipinski definition) is 3. The molecule has 322 valence electrons. The van der Waals surface area contributed by atoms with Crippen molar-refractivity contribution in [2.45, 2.75) is 72.3 Å². The first-order valence-corrected chi connectivity index (χ1v) is 20.7. The average molecular weight is 1030 g/mol. The second-order valence-electron chi connectivity index (χ2n) is 16.2. The van der Waals surface area contributed by atoms with Crippen molar-refractivity contribution in [2.24, 2.45) is 0 Å². The number of benzene rings is 7. The topological polar surface area (TPSA) is 50.9 Å². The Bertz CT molecular complexity index is 3610. The van der Waals surface area contributed by atoms with Gasteiger partial charge in [-0.25, -0.2) is 4.98 Å². The third-order valence-corrected chi connectivity index (χ3v) is 11.5. The molecule has 0 aliphatic heterocycles. The quantitative estimate of drug-likeness (QED) is 0.147. The van der Waals surface area contributed by atoms with Gasteiger partial charge in [0.2, 0.25) is 0 Å². The maximum absolute atomic E-state index is 11.5. The summed E-state index contributed by atoms with van der Waals surface area (Å²) in [6, 6.07) is 49.1. The number of phenols is 1. The zero-order valence-corrected chi connectivity index (χ0v) is 38.0. The molecule has 0 bridgehead atoms. The summed E-state index contributed by atoms with van der Waals surface area (Å²) in [5.74, 6) is -2.02. The number of phenolic OH excluding ortho intramolecular Hbond substituents is 1. The van der Waals surface area contributed by atoms with Gasteiger partial charge in [0.05, 0.1) is 22.3 Å². The Kier molecular flexibility index (Phi) is 8.42. The van der Waals surface area contributed by atoms with Gasteiger partial charge in [0, 0.05) is 52.1 Å². The van der Waals surface area contributed by atoms with Crippen LogP contribution < -0.4 is 0 Å². The van der Waals surface area contributed by atoms with Crippen LogP contribution in [-0.4, -0.2) is 19.6 Å². The van der Waals surface area contributed by atoms with Gasteiger partial charge in [0.25, 0.3) is 0 Å². The van der Waals surface area contributed by atoms with Crippen molar-refractivity contribution in [2.75, 3.05) is 0 Å². The number of rotatable bonds is 9. The summed E-state index contributed by atoms with van der Waals surface area (Å²) in [4.78, 5) is 10.0. The second-order valence-corrected chi connectivity index (χ2v) is 16.2. The summed E-state index contributed by atoms with van der Waals surface area (Å²) in [6.07, 6.45) is 1.59. The summed E-state index contributed by atoms with van der Waals surface area (Å²) in [7, 11) is 0. The fraction of sp³-hybridized carbons (Fsp3) is 0.186. The summed E-state index contributed by atoms with van der Waals surface area (Å²) in [6.45, 7) is -5.87. The molecular weight excluding hydrogens is 962 g/mol. The standard InChI is InChI=1S/C59H54N3O.Pt/c1-37(2)48-19-14-20-49(38(3)4)56(48)43-26-29-53(39(5)32-43)62-54-22-15-21-50(57(54)61-58(62)51-18-12-13-23-55(51)63)45-33-44(40-16-10-9-11-17-40)34-46(35-45)52-36-42(30-31-60-52)41-24-27-47(28-25-41)59(6,7)8;/h9-34,36-38,63H,1-8H3;/q-1;/i5D3,6D3,7D3,8D3,37D,38D;. The zero-order valence-electron chi connectivity index (χ0n) is 49.7. The van der Waals surface area contributed by atoms with Crippen LogP contribution in [-0.2, 0) is 26.5 Å². The monoisotopic (exact) mass is 1030 g/mol. The molecule has 0 atom stereocenters. The summed E-state index contributed by atoms with van der Waals surface area (Å²) >= 11 is 0. The molecule has 2 heterocycles. The first-order valence-electron chi connectivity index (χ1n) is 27.7. The van der Waals surface area contributed by atoms with Crippen LogP contribution in [0, 0.1) is 12.9 Å². The van der Waals surface area contributed by atoms with E-state index >= 15 is 0 Å². The number of hydrogen-bond donors (Lipinski definition) is 1. The number of pyridine rings is 1. The zero-order chi connectivity index (χ0) is 55.8. The number of para-hydroxylation sites is 2. The van der Waals surface area contributed by atoms with Crippen molar-refractivity contribution < 1.29 is 45.4 Å². The molecule has 0 spiro atoms. The maximum Gasteiger partial charge on any atom is 0.148 e. The Labute approximate surface area is 412 Å². The second kappa shape index (κ2) is 18.0. The Balaban J connectivity index is 0.00000803. The molecule has 1 N–H and O–H groups in total. The van der Waals surface area contributed by atoms with Gasteiger partial charge in [-0.1, -0.05) is 174 Å². The molecule has 7 aromatic carbocycles. The predicted octanol–water partition coefficient (Wildman–Crippen LogP) is 15.8. The van der Waals surface area contributed by atoms with Crippen LogP contribution in [0.2, 0.25) is 0 Å². The minimum atomic E-state index is -3.41. The molecule has 0 saturated heterocycles. The summed E-state index contributed by atoms with van der Waals surface area (Å²) < 4.78 is 121. The Morgan fingerprint density at radius 3 is 1.98 bits per heavy atom. The van der Waals surface area contributed by atoms with E-state index in [4.69, 9.17) is 29.2 Å². The number of nitrogens with zero attached hydrogens (tertiary/aromatic N) is 3. The summed E-state index contributed by atoms with van der Waals surface area (Å²) in [5.41, 5.74) is 5.56. The van der Waals surface area contributed by atoms with Crippen molar-refractivity contribution in [3.8, 4) is 78.6 Å². The van der Waals surface area contributed by atoms with Gasteiger partial charge in [0.1, 0.15) is 11.6 Å². The van der Waals surface area contributed by atoms with Gasteiger partial charge in [0.15, 0.2) is 0 Å². The SMILES string of the molecule is [2H]C([2H])([2H])c1cc(-c2c(C([2H])(C)C)cccc2C([2H])(C)C)ccc1-n1c(-c2ccccc2O)nc2c(-c3[c-]c(-c4cc(-c5ccc(C(C([2H])([2H])[2H])(C([2H])([2H])[2H])C([2H])([2H])[2H])cc5)ccn4)cc(-c4ccccc4)c3)cccc21.[Pt]. The van der Waals surface area contributed by atoms with E-state index in [1.807, 2.05) is 84.9 Å². The molecule has 9 rings (SSSR count). The molecule has 0 aliphatic rings. The van der Waals surface area contributed by atoms with E-state index in [-0.39, 0.29) is 49.5 Å². The van der Waals surface area contributed by atoms with E-state index in [9.17, 15) is 5.11 Å². The van der Waals surface area contributed by atoms with E-state index in [0.717, 1.165) is 11.1 Å². The van der Waals surface area contributed by atoms with E-state index in [1.54, 1.807) is 80.9 Å². The van der Waals surface area contributed by atoms with Crippen LogP contribution >= 0.6 is 0 Å². The van der Waals surface area contributed by atoms with Gasteiger partial charge in [-0.3, -0.25) is 9.55 Å². The van der Waals surface area contributed by atoms with Crippen LogP contribution in [0.3, 0.4) is 0 Å². The van der Waals surface area contributed by atoms with Gasteiger partial charge in [-0.2, -0.15) is 0 Å². The molecular formula is C59H54N3OPt-. The molecule has 0 fully saturated rings. The van der Waals surface area contributed by atoms with Gasteiger partial charge < -0.3 is 5.11 Å². The Morgan fingerprint density at radius 1 is 0.625 bits per heavy atom. The van der Waals surface area contributed by atoms with Crippen LogP contribution in [0.1, 0.15) is 101 Å². The number of aryl methyl sites for hydroxylation is 1. The van der Waals surface area contributed by atoms with E-state index in [1.165, 1.54) is 30.3 Å². The van der Waals surface area contributed by atoms with Crippen molar-refractivity contribution in [1.29, 1.82) is 0 Å². The minimum absolute atomic E-state index is 0. The van der Waals surface area contributed by atoms with Crippen molar-refractivity contribution in [3.05, 3.63) is 192 Å². The molecule has 0 aliphatic carbocycles. The molecule has 4 nitrogen and oxygen atoms in total. The average Bonchev–Trinajstić information content (AvgIpc) is 3.92. The van der Waals surface area contributed by atoms with Crippen LogP contribution in [0.25, 0.3) is 83.9 Å². The number of aromatic nitrogens is 3. The normalized spacial score (nSPS) is 16.0. The van der Waals surface area contributed by atoms with Crippen molar-refractivity contribution in [1.82, 2.24) is 14.5 Å². The third-order valence-electron chi connectivity index (χ3n) is 11.5. The predicted molar refractivity (Wildman–Crippen MR) is 264 cm³/mol. The minimum Gasteiger partial charge on any atom is -0.507 e. The molecule has 0 saturated carbocycles. The Morgan fingerprint density at radius 2 is 1.28 bits per heavy atom. The van der Waals surface area contributed by atoms with Gasteiger partial charge in [-0.15, -0.1) is 23.8 Å². The van der Waals surface area contributed by atoms with Crippen LogP contribution in [0.4, 0.5) is 0 Å². The molecule has 5 heteroatoms. The largest absolute Gasteiger partial charge is 0.507 e. The summed E-state index contributed by atoms with van der Waals surface area (Å²) in [5, 5.41) is 11.5. The van der Waals surface area contributed by atoms with Crippen molar-refractivity contribution in [3.63, 3.8) is 0 Å². The van der Waals surface area contributed by atoms with Crippen LogP contribution in [0.15, 0.2) is 164 Å². The van der Waals surface area contributed by atoms with E-state index in [0.29, 0.717) is 72.4 Å². The van der Waals surface area contributed by atoms with Crippen LogP contribution in [0.5, 0.6) is 5.75 Å².